The first-order valence-electron chi connectivity index (χ1n) is 6.90. The van der Waals surface area contributed by atoms with Crippen molar-refractivity contribution in [2.45, 2.75) is 19.4 Å². The first-order valence-corrected chi connectivity index (χ1v) is 7.69. The zero-order valence-electron chi connectivity index (χ0n) is 12.1. The minimum Gasteiger partial charge on any atom is -0.481 e. The topological polar surface area (TPSA) is 60.9 Å². The monoisotopic (exact) mass is 354 g/mol. The van der Waals surface area contributed by atoms with Gasteiger partial charge in [0.05, 0.1) is 12.0 Å². The fourth-order valence-corrected chi connectivity index (χ4v) is 3.00. The van der Waals surface area contributed by atoms with Crippen molar-refractivity contribution >= 4 is 33.5 Å². The summed E-state index contributed by atoms with van der Waals surface area (Å²) < 4.78 is 0.934. The van der Waals surface area contributed by atoms with Gasteiger partial charge in [0.25, 0.3) is 0 Å². The predicted molar refractivity (Wildman–Crippen MR) is 84.3 cm³/mol. The van der Waals surface area contributed by atoms with Crippen LogP contribution in [0.1, 0.15) is 13.3 Å². The molecule has 1 fully saturated rings. The van der Waals surface area contributed by atoms with Crippen LogP contribution in [0.4, 0.5) is 5.69 Å². The molecule has 1 aromatic carbocycles. The molecular formula is C15H19BrN2O3. The van der Waals surface area contributed by atoms with Crippen LogP contribution in [0.5, 0.6) is 0 Å². The largest absolute Gasteiger partial charge is 0.481 e. The molecule has 6 heteroatoms. The van der Waals surface area contributed by atoms with Gasteiger partial charge in [-0.1, -0.05) is 28.9 Å². The number of hydrogen-bond donors (Lipinski definition) is 1. The van der Waals surface area contributed by atoms with E-state index in [0.29, 0.717) is 19.5 Å². The summed E-state index contributed by atoms with van der Waals surface area (Å²) in [6, 6.07) is 7.40. The molecular weight excluding hydrogens is 336 g/mol. The summed E-state index contributed by atoms with van der Waals surface area (Å²) in [5.41, 5.74) is 0.872. The normalized spacial score (nSPS) is 20.1. The van der Waals surface area contributed by atoms with E-state index >= 15 is 0 Å². The van der Waals surface area contributed by atoms with Crippen molar-refractivity contribution in [3.05, 3.63) is 28.7 Å². The minimum absolute atomic E-state index is 0.0354. The number of rotatable bonds is 5. The van der Waals surface area contributed by atoms with Gasteiger partial charge in [-0.15, -0.1) is 0 Å². The third kappa shape index (κ3) is 3.63. The number of carboxylic acids is 1. The molecule has 21 heavy (non-hydrogen) atoms. The summed E-state index contributed by atoms with van der Waals surface area (Å²) in [5.74, 6) is -1.29. The lowest BCUT2D eigenvalue weighted by molar-refractivity contribution is -0.142. The van der Waals surface area contributed by atoms with E-state index in [4.69, 9.17) is 5.11 Å². The highest BCUT2D eigenvalue weighted by atomic mass is 79.9. The van der Waals surface area contributed by atoms with E-state index in [-0.39, 0.29) is 11.9 Å². The second-order valence-corrected chi connectivity index (χ2v) is 6.37. The summed E-state index contributed by atoms with van der Waals surface area (Å²) in [4.78, 5) is 27.1. The summed E-state index contributed by atoms with van der Waals surface area (Å²) in [7, 11) is 1.81. The van der Waals surface area contributed by atoms with Gasteiger partial charge in [-0.3, -0.25) is 14.5 Å². The Morgan fingerprint density at radius 1 is 1.57 bits per heavy atom. The van der Waals surface area contributed by atoms with Crippen molar-refractivity contribution in [3.63, 3.8) is 0 Å². The summed E-state index contributed by atoms with van der Waals surface area (Å²) >= 11 is 3.41. The van der Waals surface area contributed by atoms with Gasteiger partial charge in [-0.2, -0.15) is 0 Å². The molecule has 5 nitrogen and oxygen atoms in total. The molecule has 1 aliphatic rings. The van der Waals surface area contributed by atoms with Crippen LogP contribution in [0.25, 0.3) is 0 Å². The Kier molecular flexibility index (Phi) is 5.00. The van der Waals surface area contributed by atoms with Crippen LogP contribution in [0.2, 0.25) is 0 Å². The average molecular weight is 355 g/mol. The third-order valence-electron chi connectivity index (χ3n) is 3.81. The van der Waals surface area contributed by atoms with Gasteiger partial charge in [0.1, 0.15) is 0 Å². The highest BCUT2D eigenvalue weighted by Crippen LogP contribution is 2.26. The van der Waals surface area contributed by atoms with Crippen LogP contribution < -0.4 is 4.90 Å². The maximum absolute atomic E-state index is 12.5. The molecule has 0 radical (unpaired) electrons. The lowest BCUT2D eigenvalue weighted by Crippen LogP contribution is -2.42. The molecule has 0 aromatic heterocycles. The van der Waals surface area contributed by atoms with Crippen LogP contribution in [-0.4, -0.2) is 48.1 Å². The lowest BCUT2D eigenvalue weighted by Gasteiger charge is -2.25. The Hall–Kier alpha value is -1.40. The fourth-order valence-electron chi connectivity index (χ4n) is 2.61. The maximum Gasteiger partial charge on any atom is 0.307 e. The lowest BCUT2D eigenvalue weighted by atomic mass is 10.1. The Bertz CT molecular complexity index is 549. The number of halogens is 1. The summed E-state index contributed by atoms with van der Waals surface area (Å²) in [6.45, 7) is 2.69. The van der Waals surface area contributed by atoms with Gasteiger partial charge >= 0.3 is 5.97 Å². The number of hydrogen-bond acceptors (Lipinski definition) is 3. The van der Waals surface area contributed by atoms with Gasteiger partial charge in [-0.05, 0) is 31.7 Å². The number of carbonyl (C=O) groups is 2. The van der Waals surface area contributed by atoms with Crippen LogP contribution in [-0.2, 0) is 9.59 Å². The first kappa shape index (κ1) is 16.0. The van der Waals surface area contributed by atoms with Crippen molar-refractivity contribution in [2.24, 2.45) is 5.92 Å². The molecule has 0 bridgehead atoms. The molecule has 1 heterocycles. The Morgan fingerprint density at radius 3 is 2.90 bits per heavy atom. The van der Waals surface area contributed by atoms with Crippen molar-refractivity contribution < 1.29 is 14.7 Å². The molecule has 1 aliphatic heterocycles. The molecule has 1 aromatic rings. The number of anilines is 1. The van der Waals surface area contributed by atoms with Crippen molar-refractivity contribution in [2.75, 3.05) is 25.0 Å². The van der Waals surface area contributed by atoms with Gasteiger partial charge in [0, 0.05) is 23.2 Å². The third-order valence-corrected chi connectivity index (χ3v) is 4.31. The maximum atomic E-state index is 12.5. The number of amides is 1. The molecule has 0 saturated carbocycles. The van der Waals surface area contributed by atoms with E-state index in [9.17, 15) is 9.59 Å². The molecule has 0 aliphatic carbocycles. The van der Waals surface area contributed by atoms with Crippen molar-refractivity contribution in [3.8, 4) is 0 Å². The molecule has 0 spiro atoms. The summed E-state index contributed by atoms with van der Waals surface area (Å²) in [5, 5.41) is 8.97. The second kappa shape index (κ2) is 6.58. The van der Waals surface area contributed by atoms with E-state index in [1.54, 1.807) is 11.8 Å². The minimum atomic E-state index is -0.837. The number of likely N-dealkylation sites (N-methyl/N-ethyl adjacent to an activating group) is 1. The van der Waals surface area contributed by atoms with Crippen molar-refractivity contribution in [1.29, 1.82) is 0 Å². The average Bonchev–Trinajstić information content (AvgIpc) is 2.80. The van der Waals surface area contributed by atoms with E-state index in [1.807, 2.05) is 36.2 Å². The Balaban J connectivity index is 2.06. The molecule has 1 amide bonds. The van der Waals surface area contributed by atoms with E-state index < -0.39 is 11.9 Å². The molecule has 1 N–H and O–H groups in total. The quantitative estimate of drug-likeness (QED) is 0.880. The van der Waals surface area contributed by atoms with Crippen LogP contribution in [0, 0.1) is 5.92 Å². The number of aliphatic carboxylic acids is 1. The molecule has 114 valence electrons. The highest BCUT2D eigenvalue weighted by molar-refractivity contribution is 9.10. The van der Waals surface area contributed by atoms with Gasteiger partial charge in [0.15, 0.2) is 0 Å². The molecule has 1 saturated heterocycles. The number of nitrogens with zero attached hydrogens (tertiary/aromatic N) is 2. The molecule has 2 atom stereocenters. The summed E-state index contributed by atoms with van der Waals surface area (Å²) in [6.07, 6.45) is 0.716. The predicted octanol–water partition coefficient (Wildman–Crippen LogP) is 2.21. The number of benzene rings is 1. The van der Waals surface area contributed by atoms with Gasteiger partial charge < -0.3 is 10.0 Å². The Morgan fingerprint density at radius 2 is 2.29 bits per heavy atom. The first-order chi connectivity index (χ1) is 9.90. The van der Waals surface area contributed by atoms with Crippen LogP contribution >= 0.6 is 15.9 Å². The SMILES string of the molecule is CC(CN(C)C1CCN(c2cccc(Br)c2)C1=O)C(=O)O. The van der Waals surface area contributed by atoms with Crippen LogP contribution in [0.3, 0.4) is 0 Å². The Labute approximate surface area is 132 Å². The molecule has 2 unspecified atom stereocenters. The van der Waals surface area contributed by atoms with Crippen LogP contribution in [0.15, 0.2) is 28.7 Å². The molecule has 2 rings (SSSR count). The van der Waals surface area contributed by atoms with Crippen molar-refractivity contribution in [1.82, 2.24) is 4.90 Å². The van der Waals surface area contributed by atoms with Gasteiger partial charge in [0.2, 0.25) is 5.91 Å². The van der Waals surface area contributed by atoms with E-state index in [0.717, 1.165) is 10.2 Å². The zero-order valence-corrected chi connectivity index (χ0v) is 13.7. The second-order valence-electron chi connectivity index (χ2n) is 5.45. The fraction of sp³-hybridized carbons (Fsp3) is 0.467. The van der Waals surface area contributed by atoms with E-state index in [1.165, 1.54) is 0 Å². The smallest absolute Gasteiger partial charge is 0.307 e. The highest BCUT2D eigenvalue weighted by Gasteiger charge is 2.36. The van der Waals surface area contributed by atoms with E-state index in [2.05, 4.69) is 15.9 Å². The van der Waals surface area contributed by atoms with Gasteiger partial charge in [-0.25, -0.2) is 0 Å². The zero-order chi connectivity index (χ0) is 15.6. The standard InChI is InChI=1S/C15H19BrN2O3/c1-10(15(20)21)9-17(2)13-6-7-18(14(13)19)12-5-3-4-11(16)8-12/h3-5,8,10,13H,6-7,9H2,1-2H3,(H,20,21). The number of carbonyl (C=O) groups excluding carboxylic acids is 1. The number of carboxylic acid groups (broad SMARTS) is 1.